The van der Waals surface area contributed by atoms with Crippen LogP contribution < -0.4 is 4.90 Å². The SMILES string of the molecule is ClCc1cncc(N(Cc2cccs2)C2CC2)n1. The summed E-state index contributed by atoms with van der Waals surface area (Å²) >= 11 is 7.61. The van der Waals surface area contributed by atoms with E-state index in [2.05, 4.69) is 32.4 Å². The van der Waals surface area contributed by atoms with Gasteiger partial charge in [-0.15, -0.1) is 22.9 Å². The number of hydrogen-bond donors (Lipinski definition) is 0. The van der Waals surface area contributed by atoms with Crippen LogP contribution in [0.5, 0.6) is 0 Å². The molecule has 18 heavy (non-hydrogen) atoms. The van der Waals surface area contributed by atoms with Gasteiger partial charge >= 0.3 is 0 Å². The zero-order chi connectivity index (χ0) is 12.4. The molecule has 0 unspecified atom stereocenters. The first-order chi connectivity index (χ1) is 8.86. The van der Waals surface area contributed by atoms with Crippen LogP contribution in [0.1, 0.15) is 23.4 Å². The fourth-order valence-corrected chi connectivity index (χ4v) is 2.78. The molecule has 3 rings (SSSR count). The number of rotatable bonds is 5. The van der Waals surface area contributed by atoms with E-state index in [9.17, 15) is 0 Å². The van der Waals surface area contributed by atoms with Crippen LogP contribution in [0.2, 0.25) is 0 Å². The van der Waals surface area contributed by atoms with Gasteiger partial charge in [0.1, 0.15) is 5.82 Å². The van der Waals surface area contributed by atoms with Crippen LogP contribution in [0.3, 0.4) is 0 Å². The van der Waals surface area contributed by atoms with Gasteiger partial charge in [0.05, 0.1) is 24.3 Å². The smallest absolute Gasteiger partial charge is 0.148 e. The first-order valence-electron chi connectivity index (χ1n) is 6.03. The Morgan fingerprint density at radius 1 is 1.39 bits per heavy atom. The number of alkyl halides is 1. The van der Waals surface area contributed by atoms with Crippen molar-refractivity contribution in [2.45, 2.75) is 31.3 Å². The maximum absolute atomic E-state index is 5.82. The van der Waals surface area contributed by atoms with Crippen LogP contribution >= 0.6 is 22.9 Å². The molecule has 0 bridgehead atoms. The van der Waals surface area contributed by atoms with Crippen molar-refractivity contribution in [1.29, 1.82) is 0 Å². The molecule has 1 aliphatic carbocycles. The predicted octanol–water partition coefficient (Wildman–Crippen LogP) is 3.45. The zero-order valence-electron chi connectivity index (χ0n) is 9.92. The molecule has 5 heteroatoms. The van der Waals surface area contributed by atoms with E-state index < -0.39 is 0 Å². The van der Waals surface area contributed by atoms with Gasteiger partial charge in [-0.3, -0.25) is 4.98 Å². The molecule has 0 atom stereocenters. The number of nitrogens with zero attached hydrogens (tertiary/aromatic N) is 3. The minimum absolute atomic E-state index is 0.415. The van der Waals surface area contributed by atoms with Gasteiger partial charge in [-0.05, 0) is 24.3 Å². The summed E-state index contributed by atoms with van der Waals surface area (Å²) in [4.78, 5) is 12.5. The third-order valence-electron chi connectivity index (χ3n) is 3.00. The van der Waals surface area contributed by atoms with Crippen LogP contribution in [0.15, 0.2) is 29.9 Å². The predicted molar refractivity (Wildman–Crippen MR) is 75.1 cm³/mol. The average molecular weight is 280 g/mol. The van der Waals surface area contributed by atoms with Crippen molar-refractivity contribution < 1.29 is 0 Å². The van der Waals surface area contributed by atoms with Crippen molar-refractivity contribution in [3.8, 4) is 0 Å². The lowest BCUT2D eigenvalue weighted by Gasteiger charge is -2.22. The highest BCUT2D eigenvalue weighted by Gasteiger charge is 2.30. The summed E-state index contributed by atoms with van der Waals surface area (Å²) in [5.74, 6) is 1.36. The molecule has 0 N–H and O–H groups in total. The van der Waals surface area contributed by atoms with Gasteiger partial charge in [0.2, 0.25) is 0 Å². The Morgan fingerprint density at radius 3 is 2.94 bits per heavy atom. The molecule has 0 aromatic carbocycles. The van der Waals surface area contributed by atoms with Gasteiger partial charge in [0, 0.05) is 17.1 Å². The third-order valence-corrected chi connectivity index (χ3v) is 4.13. The summed E-state index contributed by atoms with van der Waals surface area (Å²) in [6.45, 7) is 0.919. The molecular formula is C13H14ClN3S. The molecule has 1 aliphatic rings. The van der Waals surface area contributed by atoms with Crippen LogP contribution in [-0.4, -0.2) is 16.0 Å². The second kappa shape index (κ2) is 5.24. The third kappa shape index (κ3) is 2.65. The molecule has 3 nitrogen and oxygen atoms in total. The second-order valence-corrected chi connectivity index (χ2v) is 5.74. The molecule has 0 aliphatic heterocycles. The average Bonchev–Trinajstić information content (AvgIpc) is 3.13. The van der Waals surface area contributed by atoms with Crippen molar-refractivity contribution in [3.63, 3.8) is 0 Å². The van der Waals surface area contributed by atoms with E-state index in [1.807, 2.05) is 6.20 Å². The van der Waals surface area contributed by atoms with Crippen molar-refractivity contribution >= 4 is 28.8 Å². The van der Waals surface area contributed by atoms with Crippen molar-refractivity contribution in [3.05, 3.63) is 40.5 Å². The first kappa shape index (κ1) is 11.9. The molecule has 1 fully saturated rings. The molecule has 0 saturated heterocycles. The standard InChI is InChI=1S/C13H14ClN3S/c14-6-10-7-15-8-13(16-10)17(11-3-4-11)9-12-2-1-5-18-12/h1-2,5,7-8,11H,3-4,6,9H2. The molecule has 1 saturated carbocycles. The monoisotopic (exact) mass is 279 g/mol. The molecule has 94 valence electrons. The van der Waals surface area contributed by atoms with Crippen LogP contribution in [0.25, 0.3) is 0 Å². The van der Waals surface area contributed by atoms with E-state index in [1.165, 1.54) is 17.7 Å². The number of hydrogen-bond acceptors (Lipinski definition) is 4. The van der Waals surface area contributed by atoms with Gasteiger partial charge in [0.25, 0.3) is 0 Å². The highest BCUT2D eigenvalue weighted by atomic mass is 35.5. The number of thiophene rings is 1. The van der Waals surface area contributed by atoms with Crippen molar-refractivity contribution in [2.75, 3.05) is 4.90 Å². The quantitative estimate of drug-likeness (QED) is 0.785. The van der Waals surface area contributed by atoms with E-state index >= 15 is 0 Å². The minimum Gasteiger partial charge on any atom is -0.347 e. The second-order valence-electron chi connectivity index (χ2n) is 4.44. The molecule has 0 radical (unpaired) electrons. The van der Waals surface area contributed by atoms with E-state index in [4.69, 9.17) is 11.6 Å². The lowest BCUT2D eigenvalue weighted by molar-refractivity contribution is 0.778. The summed E-state index contributed by atoms with van der Waals surface area (Å²) in [7, 11) is 0. The minimum atomic E-state index is 0.415. The lowest BCUT2D eigenvalue weighted by Crippen LogP contribution is -2.25. The summed E-state index contributed by atoms with van der Waals surface area (Å²) in [6, 6.07) is 4.87. The topological polar surface area (TPSA) is 29.0 Å². The van der Waals surface area contributed by atoms with Crippen LogP contribution in [0.4, 0.5) is 5.82 Å². The van der Waals surface area contributed by atoms with Crippen molar-refractivity contribution in [1.82, 2.24) is 9.97 Å². The highest BCUT2D eigenvalue weighted by Crippen LogP contribution is 2.32. The Morgan fingerprint density at radius 2 is 2.28 bits per heavy atom. The zero-order valence-corrected chi connectivity index (χ0v) is 11.5. The number of halogens is 1. The summed E-state index contributed by atoms with van der Waals surface area (Å²) in [6.07, 6.45) is 6.06. The Labute approximate surface area is 115 Å². The maximum Gasteiger partial charge on any atom is 0.148 e. The number of anilines is 1. The molecule has 0 amide bonds. The number of aromatic nitrogens is 2. The van der Waals surface area contributed by atoms with E-state index in [1.54, 1.807) is 17.5 Å². The highest BCUT2D eigenvalue weighted by molar-refractivity contribution is 7.09. The van der Waals surface area contributed by atoms with Crippen LogP contribution in [-0.2, 0) is 12.4 Å². The maximum atomic E-state index is 5.82. The summed E-state index contributed by atoms with van der Waals surface area (Å²) in [5, 5.41) is 2.11. The van der Waals surface area contributed by atoms with Gasteiger partial charge in [-0.25, -0.2) is 4.98 Å². The van der Waals surface area contributed by atoms with Crippen LogP contribution in [0, 0.1) is 0 Å². The molecular weight excluding hydrogens is 266 g/mol. The van der Waals surface area contributed by atoms with E-state index in [0.717, 1.165) is 18.1 Å². The normalized spacial score (nSPS) is 14.7. The Balaban J connectivity index is 1.84. The Bertz CT molecular complexity index is 511. The van der Waals surface area contributed by atoms with E-state index in [0.29, 0.717) is 11.9 Å². The van der Waals surface area contributed by atoms with Gasteiger partial charge in [0.15, 0.2) is 0 Å². The molecule has 2 aromatic heterocycles. The van der Waals surface area contributed by atoms with Gasteiger partial charge in [-0.1, -0.05) is 6.07 Å². The van der Waals surface area contributed by atoms with Gasteiger partial charge < -0.3 is 4.90 Å². The van der Waals surface area contributed by atoms with Crippen molar-refractivity contribution in [2.24, 2.45) is 0 Å². The molecule has 0 spiro atoms. The largest absolute Gasteiger partial charge is 0.347 e. The fraction of sp³-hybridized carbons (Fsp3) is 0.385. The summed E-state index contributed by atoms with van der Waals surface area (Å²) in [5.41, 5.74) is 0.839. The van der Waals surface area contributed by atoms with Gasteiger partial charge in [-0.2, -0.15) is 0 Å². The fourth-order valence-electron chi connectivity index (χ4n) is 1.95. The Kier molecular flexibility index (Phi) is 3.48. The summed E-state index contributed by atoms with van der Waals surface area (Å²) < 4.78 is 0. The molecule has 2 aromatic rings. The Hall–Kier alpha value is -1.13. The first-order valence-corrected chi connectivity index (χ1v) is 7.44. The molecule has 2 heterocycles. The lowest BCUT2D eigenvalue weighted by atomic mass is 10.4. The van der Waals surface area contributed by atoms with E-state index in [-0.39, 0.29) is 0 Å².